The predicted molar refractivity (Wildman–Crippen MR) is 49.7 cm³/mol. The molecule has 0 bridgehead atoms. The number of nitrogens with two attached hydrogens (primary N) is 1. The summed E-state index contributed by atoms with van der Waals surface area (Å²) in [4.78, 5) is 21.5. The van der Waals surface area contributed by atoms with Crippen molar-refractivity contribution >= 4 is 11.9 Å². The molecular formula is C8H12N4O2. The predicted octanol–water partition coefficient (Wildman–Crippen LogP) is -0.413. The largest absolute Gasteiger partial charge is 0.365 e. The van der Waals surface area contributed by atoms with Crippen LogP contribution in [0.5, 0.6) is 0 Å². The van der Waals surface area contributed by atoms with E-state index in [1.807, 2.05) is 0 Å². The van der Waals surface area contributed by atoms with Gasteiger partial charge in [0.2, 0.25) is 0 Å². The Balaban J connectivity index is 4.21. The van der Waals surface area contributed by atoms with Crippen molar-refractivity contribution in [2.75, 3.05) is 0 Å². The highest BCUT2D eigenvalue weighted by atomic mass is 16.2. The molecular weight excluding hydrogens is 184 g/mol. The number of hydrogen-bond acceptors (Lipinski definition) is 3. The molecule has 0 rings (SSSR count). The van der Waals surface area contributed by atoms with Crippen LogP contribution in [-0.2, 0) is 4.79 Å². The Morgan fingerprint density at radius 1 is 1.50 bits per heavy atom. The van der Waals surface area contributed by atoms with E-state index in [4.69, 9.17) is 11.0 Å². The lowest BCUT2D eigenvalue weighted by atomic mass is 10.3. The molecule has 0 aliphatic carbocycles. The van der Waals surface area contributed by atoms with Crippen molar-refractivity contribution in [2.24, 2.45) is 5.73 Å². The van der Waals surface area contributed by atoms with Crippen molar-refractivity contribution in [3.8, 4) is 6.07 Å². The Bertz CT molecular complexity index is 301. The van der Waals surface area contributed by atoms with Crippen molar-refractivity contribution in [3.63, 3.8) is 0 Å². The lowest BCUT2D eigenvalue weighted by Crippen LogP contribution is -2.37. The molecule has 0 aromatic carbocycles. The van der Waals surface area contributed by atoms with Gasteiger partial charge in [-0.25, -0.2) is 4.79 Å². The van der Waals surface area contributed by atoms with E-state index in [0.717, 1.165) is 6.20 Å². The quantitative estimate of drug-likeness (QED) is 0.421. The van der Waals surface area contributed by atoms with E-state index in [1.165, 1.54) is 0 Å². The molecule has 3 amide bonds. The zero-order chi connectivity index (χ0) is 11.1. The molecule has 0 aromatic heterocycles. The highest BCUT2D eigenvalue weighted by Crippen LogP contribution is 1.86. The average Bonchev–Trinajstić information content (AvgIpc) is 2.03. The molecule has 14 heavy (non-hydrogen) atoms. The lowest BCUT2D eigenvalue weighted by molar-refractivity contribution is -0.114. The number of carbonyl (C=O) groups excluding carboxylic acids is 2. The van der Waals surface area contributed by atoms with Crippen LogP contribution in [0.15, 0.2) is 11.8 Å². The fraction of sp³-hybridized carbons (Fsp3) is 0.375. The molecule has 0 aliphatic rings. The molecule has 0 atom stereocenters. The number of rotatable bonds is 3. The fourth-order valence-electron chi connectivity index (χ4n) is 0.600. The molecule has 6 nitrogen and oxygen atoms in total. The van der Waals surface area contributed by atoms with E-state index in [2.05, 4.69) is 10.6 Å². The molecule has 0 unspecified atom stereocenters. The minimum absolute atomic E-state index is 0.0255. The van der Waals surface area contributed by atoms with Crippen LogP contribution in [0.4, 0.5) is 4.79 Å². The number of urea groups is 1. The van der Waals surface area contributed by atoms with Gasteiger partial charge in [0.25, 0.3) is 5.91 Å². The number of amides is 3. The summed E-state index contributed by atoms with van der Waals surface area (Å²) in [6.45, 7) is 3.56. The third kappa shape index (κ3) is 4.77. The van der Waals surface area contributed by atoms with Crippen LogP contribution >= 0.6 is 0 Å². The average molecular weight is 196 g/mol. The molecule has 76 valence electrons. The van der Waals surface area contributed by atoms with Gasteiger partial charge in [-0.2, -0.15) is 5.26 Å². The van der Waals surface area contributed by atoms with Crippen molar-refractivity contribution in [1.29, 1.82) is 5.26 Å². The maximum absolute atomic E-state index is 11.0. The van der Waals surface area contributed by atoms with Crippen LogP contribution in [0.2, 0.25) is 0 Å². The van der Waals surface area contributed by atoms with E-state index in [0.29, 0.717) is 0 Å². The van der Waals surface area contributed by atoms with Gasteiger partial charge in [-0.05, 0) is 13.8 Å². The Kier molecular flexibility index (Phi) is 4.78. The SMILES string of the molecule is CC(C)NC(=O)N/C=C(/C#N)C(N)=O. The highest BCUT2D eigenvalue weighted by Gasteiger charge is 2.04. The first-order valence-corrected chi connectivity index (χ1v) is 3.94. The summed E-state index contributed by atoms with van der Waals surface area (Å²) in [5, 5.41) is 13.1. The minimum atomic E-state index is -0.877. The second kappa shape index (κ2) is 5.59. The molecule has 0 saturated carbocycles. The number of nitrogens with one attached hydrogen (secondary N) is 2. The van der Waals surface area contributed by atoms with Crippen LogP contribution in [0, 0.1) is 11.3 Å². The standard InChI is InChI=1S/C8H12N4O2/c1-5(2)12-8(14)11-4-6(3-9)7(10)13/h4-5H,1-2H3,(H2,10,13)(H2,11,12,14)/b6-4-. The molecule has 6 heteroatoms. The Morgan fingerprint density at radius 2 is 2.07 bits per heavy atom. The van der Waals surface area contributed by atoms with Gasteiger partial charge in [-0.1, -0.05) is 0 Å². The first-order valence-electron chi connectivity index (χ1n) is 3.94. The monoisotopic (exact) mass is 196 g/mol. The van der Waals surface area contributed by atoms with Gasteiger partial charge >= 0.3 is 6.03 Å². The van der Waals surface area contributed by atoms with Gasteiger partial charge in [-0.3, -0.25) is 4.79 Å². The van der Waals surface area contributed by atoms with Gasteiger partial charge < -0.3 is 16.4 Å². The van der Waals surface area contributed by atoms with Crippen molar-refractivity contribution in [1.82, 2.24) is 10.6 Å². The van der Waals surface area contributed by atoms with E-state index >= 15 is 0 Å². The maximum atomic E-state index is 11.0. The number of carbonyl (C=O) groups is 2. The zero-order valence-electron chi connectivity index (χ0n) is 8.00. The van der Waals surface area contributed by atoms with E-state index in [1.54, 1.807) is 19.9 Å². The summed E-state index contributed by atoms with van der Waals surface area (Å²) in [5.41, 5.74) is 4.53. The molecule has 0 spiro atoms. The number of hydrogen-bond donors (Lipinski definition) is 3. The van der Waals surface area contributed by atoms with Crippen LogP contribution < -0.4 is 16.4 Å². The normalized spacial score (nSPS) is 10.6. The summed E-state index contributed by atoms with van der Waals surface area (Å²) in [6, 6.07) is 1.04. The fourth-order valence-corrected chi connectivity index (χ4v) is 0.600. The number of nitrogens with zero attached hydrogens (tertiary/aromatic N) is 1. The molecule has 0 aliphatic heterocycles. The van der Waals surface area contributed by atoms with Gasteiger partial charge in [0.15, 0.2) is 0 Å². The summed E-state index contributed by atoms with van der Waals surface area (Å²) in [7, 11) is 0. The van der Waals surface area contributed by atoms with Crippen molar-refractivity contribution in [2.45, 2.75) is 19.9 Å². The molecule has 0 heterocycles. The second-order valence-corrected chi connectivity index (χ2v) is 2.81. The number of nitriles is 1. The Morgan fingerprint density at radius 3 is 2.43 bits per heavy atom. The minimum Gasteiger partial charge on any atom is -0.365 e. The van der Waals surface area contributed by atoms with Gasteiger partial charge in [0.05, 0.1) is 0 Å². The zero-order valence-corrected chi connectivity index (χ0v) is 8.00. The second-order valence-electron chi connectivity index (χ2n) is 2.81. The summed E-state index contributed by atoms with van der Waals surface area (Å²) >= 11 is 0. The highest BCUT2D eigenvalue weighted by molar-refractivity contribution is 5.96. The summed E-state index contributed by atoms with van der Waals surface area (Å²) in [5.74, 6) is -0.877. The van der Waals surface area contributed by atoms with Crippen LogP contribution in [-0.4, -0.2) is 18.0 Å². The Labute approximate surface area is 81.8 Å². The third-order valence-corrected chi connectivity index (χ3v) is 1.15. The van der Waals surface area contributed by atoms with E-state index in [-0.39, 0.29) is 11.6 Å². The lowest BCUT2D eigenvalue weighted by Gasteiger charge is -2.06. The first kappa shape index (κ1) is 12.0. The summed E-state index contributed by atoms with van der Waals surface area (Å²) < 4.78 is 0. The molecule has 0 aromatic rings. The van der Waals surface area contributed by atoms with E-state index < -0.39 is 11.9 Å². The van der Waals surface area contributed by atoms with Crippen molar-refractivity contribution in [3.05, 3.63) is 11.8 Å². The molecule has 0 fully saturated rings. The van der Waals surface area contributed by atoms with Gasteiger partial charge in [0.1, 0.15) is 11.6 Å². The molecule has 0 radical (unpaired) electrons. The molecule has 4 N–H and O–H groups in total. The van der Waals surface area contributed by atoms with Crippen molar-refractivity contribution < 1.29 is 9.59 Å². The van der Waals surface area contributed by atoms with Gasteiger partial charge in [0, 0.05) is 12.2 Å². The maximum Gasteiger partial charge on any atom is 0.319 e. The third-order valence-electron chi connectivity index (χ3n) is 1.15. The van der Waals surface area contributed by atoms with E-state index in [9.17, 15) is 9.59 Å². The van der Waals surface area contributed by atoms with Gasteiger partial charge in [-0.15, -0.1) is 0 Å². The van der Waals surface area contributed by atoms with Crippen LogP contribution in [0.3, 0.4) is 0 Å². The molecule has 0 saturated heterocycles. The summed E-state index contributed by atoms with van der Waals surface area (Å²) in [6.07, 6.45) is 0.972. The van der Waals surface area contributed by atoms with Crippen LogP contribution in [0.25, 0.3) is 0 Å². The first-order chi connectivity index (χ1) is 6.47. The van der Waals surface area contributed by atoms with Crippen LogP contribution in [0.1, 0.15) is 13.8 Å². The Hall–Kier alpha value is -2.03. The number of primary amides is 1. The smallest absolute Gasteiger partial charge is 0.319 e. The topological polar surface area (TPSA) is 108 Å².